The number of likely N-dealkylation sites (N-methyl/N-ethyl adjacent to an activating group) is 1. The zero-order valence-electron chi connectivity index (χ0n) is 14.5. The van der Waals surface area contributed by atoms with Crippen molar-refractivity contribution < 1.29 is 4.79 Å². The molecule has 0 saturated heterocycles. The third-order valence-corrected chi connectivity index (χ3v) is 5.47. The molecule has 142 valence electrons. The van der Waals surface area contributed by atoms with Gasteiger partial charge in [0.15, 0.2) is 0 Å². The van der Waals surface area contributed by atoms with Crippen LogP contribution < -0.4 is 5.73 Å². The Labute approximate surface area is 170 Å². The molecule has 1 amide bonds. The van der Waals surface area contributed by atoms with Gasteiger partial charge in [0.2, 0.25) is 0 Å². The maximum Gasteiger partial charge on any atom is 0.273 e. The molecule has 25 heavy (non-hydrogen) atoms. The lowest BCUT2D eigenvalue weighted by Crippen LogP contribution is -2.38. The first-order valence-electron chi connectivity index (χ1n) is 7.86. The largest absolute Gasteiger partial charge is 0.331 e. The van der Waals surface area contributed by atoms with E-state index in [4.69, 9.17) is 5.73 Å². The molecule has 2 aromatic heterocycles. The average molecular weight is 425 g/mol. The van der Waals surface area contributed by atoms with Crippen LogP contribution in [-0.2, 0) is 13.1 Å². The van der Waals surface area contributed by atoms with Crippen LogP contribution in [0.2, 0.25) is 0 Å². The van der Waals surface area contributed by atoms with E-state index in [0.29, 0.717) is 25.3 Å². The minimum atomic E-state index is -0.0125. The molecule has 2 rings (SSSR count). The minimum absolute atomic E-state index is 0. The van der Waals surface area contributed by atoms with Crippen LogP contribution in [-0.4, -0.2) is 46.9 Å². The SMILES string of the molecule is CCN(CC)CCN(Cc1cccs1)C(=O)c1csc(CN)n1.Cl.Cl. The minimum Gasteiger partial charge on any atom is -0.331 e. The summed E-state index contributed by atoms with van der Waals surface area (Å²) in [5.74, 6) is -0.0125. The highest BCUT2D eigenvalue weighted by molar-refractivity contribution is 7.10. The zero-order chi connectivity index (χ0) is 16.7. The fourth-order valence-corrected chi connectivity index (χ4v) is 3.68. The Bertz CT molecular complexity index is 603. The van der Waals surface area contributed by atoms with Crippen molar-refractivity contribution >= 4 is 53.4 Å². The molecule has 0 aliphatic heterocycles. The Morgan fingerprint density at radius 3 is 2.44 bits per heavy atom. The first-order valence-corrected chi connectivity index (χ1v) is 9.62. The topological polar surface area (TPSA) is 62.5 Å². The lowest BCUT2D eigenvalue weighted by atomic mass is 10.3. The highest BCUT2D eigenvalue weighted by Crippen LogP contribution is 2.16. The number of rotatable bonds is 9. The number of nitrogens with zero attached hydrogens (tertiary/aromatic N) is 3. The molecule has 0 saturated carbocycles. The molecule has 2 heterocycles. The van der Waals surface area contributed by atoms with Gasteiger partial charge in [-0.3, -0.25) is 4.79 Å². The number of halogens is 2. The molecule has 2 N–H and O–H groups in total. The highest BCUT2D eigenvalue weighted by Gasteiger charge is 2.20. The molecular weight excluding hydrogens is 399 g/mol. The van der Waals surface area contributed by atoms with Crippen LogP contribution in [0.15, 0.2) is 22.9 Å². The lowest BCUT2D eigenvalue weighted by molar-refractivity contribution is 0.0720. The number of amides is 1. The monoisotopic (exact) mass is 424 g/mol. The van der Waals surface area contributed by atoms with E-state index in [9.17, 15) is 4.79 Å². The molecule has 0 spiro atoms. The van der Waals surface area contributed by atoms with Gasteiger partial charge < -0.3 is 15.5 Å². The van der Waals surface area contributed by atoms with Crippen molar-refractivity contribution in [1.29, 1.82) is 0 Å². The number of hydrogen-bond donors (Lipinski definition) is 1. The van der Waals surface area contributed by atoms with E-state index >= 15 is 0 Å². The molecule has 5 nitrogen and oxygen atoms in total. The fourth-order valence-electron chi connectivity index (χ4n) is 2.31. The first-order chi connectivity index (χ1) is 11.2. The smallest absolute Gasteiger partial charge is 0.273 e. The van der Waals surface area contributed by atoms with Crippen molar-refractivity contribution in [3.05, 3.63) is 38.5 Å². The van der Waals surface area contributed by atoms with Crippen molar-refractivity contribution in [2.75, 3.05) is 26.2 Å². The Morgan fingerprint density at radius 2 is 1.92 bits per heavy atom. The van der Waals surface area contributed by atoms with E-state index in [1.54, 1.807) is 11.3 Å². The van der Waals surface area contributed by atoms with E-state index in [1.807, 2.05) is 21.7 Å². The normalized spacial score (nSPS) is 10.2. The molecule has 0 aliphatic carbocycles. The molecule has 9 heteroatoms. The number of carbonyl (C=O) groups is 1. The zero-order valence-corrected chi connectivity index (χ0v) is 17.8. The summed E-state index contributed by atoms with van der Waals surface area (Å²) in [7, 11) is 0. The Hall–Kier alpha value is -0.700. The predicted octanol–water partition coefficient (Wildman–Crippen LogP) is 3.49. The molecular formula is C16H26Cl2N4OS2. The number of hydrogen-bond acceptors (Lipinski definition) is 6. The second-order valence-corrected chi connectivity index (χ2v) is 7.14. The summed E-state index contributed by atoms with van der Waals surface area (Å²) in [6.45, 7) is 8.85. The van der Waals surface area contributed by atoms with Gasteiger partial charge in [-0.05, 0) is 24.5 Å². The number of nitrogens with two attached hydrogens (primary N) is 1. The van der Waals surface area contributed by atoms with Gasteiger partial charge in [-0.15, -0.1) is 47.5 Å². The summed E-state index contributed by atoms with van der Waals surface area (Å²) < 4.78 is 0. The van der Waals surface area contributed by atoms with Crippen molar-refractivity contribution in [3.8, 4) is 0 Å². The third kappa shape index (κ3) is 7.21. The molecule has 0 unspecified atom stereocenters. The van der Waals surface area contributed by atoms with E-state index in [0.717, 1.165) is 24.6 Å². The van der Waals surface area contributed by atoms with Gasteiger partial charge in [0.05, 0.1) is 6.54 Å². The number of carbonyl (C=O) groups excluding carboxylic acids is 1. The van der Waals surface area contributed by atoms with Crippen molar-refractivity contribution in [2.45, 2.75) is 26.9 Å². The summed E-state index contributed by atoms with van der Waals surface area (Å²) in [5.41, 5.74) is 6.11. The molecule has 0 bridgehead atoms. The summed E-state index contributed by atoms with van der Waals surface area (Å²) in [4.78, 5) is 22.5. The van der Waals surface area contributed by atoms with Gasteiger partial charge in [-0.2, -0.15) is 0 Å². The number of aromatic nitrogens is 1. The average Bonchev–Trinajstić information content (AvgIpc) is 3.25. The molecule has 0 atom stereocenters. The fraction of sp³-hybridized carbons (Fsp3) is 0.500. The molecule has 2 aromatic rings. The van der Waals surface area contributed by atoms with Gasteiger partial charge in [-0.1, -0.05) is 19.9 Å². The summed E-state index contributed by atoms with van der Waals surface area (Å²) in [6.07, 6.45) is 0. The van der Waals surface area contributed by atoms with Gasteiger partial charge in [0, 0.05) is 29.9 Å². The second kappa shape index (κ2) is 12.6. The maximum absolute atomic E-state index is 12.8. The first kappa shape index (κ1) is 24.3. The van der Waals surface area contributed by atoms with Crippen molar-refractivity contribution in [2.24, 2.45) is 5.73 Å². The number of thiazole rings is 1. The van der Waals surface area contributed by atoms with E-state index in [-0.39, 0.29) is 30.7 Å². The van der Waals surface area contributed by atoms with Crippen LogP contribution in [0.4, 0.5) is 0 Å². The lowest BCUT2D eigenvalue weighted by Gasteiger charge is -2.25. The summed E-state index contributed by atoms with van der Waals surface area (Å²) >= 11 is 3.12. The molecule has 0 aliphatic rings. The van der Waals surface area contributed by atoms with Gasteiger partial charge in [0.1, 0.15) is 10.7 Å². The third-order valence-electron chi connectivity index (χ3n) is 3.74. The van der Waals surface area contributed by atoms with Crippen LogP contribution in [0.1, 0.15) is 34.2 Å². The van der Waals surface area contributed by atoms with Gasteiger partial charge in [-0.25, -0.2) is 4.98 Å². The maximum atomic E-state index is 12.8. The molecule has 0 aromatic carbocycles. The predicted molar refractivity (Wildman–Crippen MR) is 111 cm³/mol. The summed E-state index contributed by atoms with van der Waals surface area (Å²) in [5, 5.41) is 4.65. The van der Waals surface area contributed by atoms with Crippen molar-refractivity contribution in [3.63, 3.8) is 0 Å². The van der Waals surface area contributed by atoms with Crippen molar-refractivity contribution in [1.82, 2.24) is 14.8 Å². The Kier molecular flexibility index (Phi) is 12.3. The van der Waals surface area contributed by atoms with E-state index in [1.165, 1.54) is 16.2 Å². The van der Waals surface area contributed by atoms with Crippen LogP contribution in [0.3, 0.4) is 0 Å². The summed E-state index contributed by atoms with van der Waals surface area (Å²) in [6, 6.07) is 4.08. The van der Waals surface area contributed by atoms with Crippen LogP contribution >= 0.6 is 47.5 Å². The molecule has 0 radical (unpaired) electrons. The van der Waals surface area contributed by atoms with Gasteiger partial charge in [0.25, 0.3) is 5.91 Å². The van der Waals surface area contributed by atoms with Crippen LogP contribution in [0, 0.1) is 0 Å². The van der Waals surface area contributed by atoms with E-state index in [2.05, 4.69) is 29.8 Å². The van der Waals surface area contributed by atoms with Gasteiger partial charge >= 0.3 is 0 Å². The van der Waals surface area contributed by atoms with Crippen LogP contribution in [0.5, 0.6) is 0 Å². The highest BCUT2D eigenvalue weighted by atomic mass is 35.5. The Morgan fingerprint density at radius 1 is 1.20 bits per heavy atom. The quantitative estimate of drug-likeness (QED) is 0.668. The van der Waals surface area contributed by atoms with E-state index < -0.39 is 0 Å². The number of thiophene rings is 1. The second-order valence-electron chi connectivity index (χ2n) is 5.16. The standard InChI is InChI=1S/C16H24N4OS2.2ClH/c1-3-19(4-2)7-8-20(11-13-6-5-9-22-13)16(21)14-12-23-15(10-17)18-14;;/h5-6,9,12H,3-4,7-8,10-11,17H2,1-2H3;2*1H. The van der Waals surface area contributed by atoms with Crippen LogP contribution in [0.25, 0.3) is 0 Å². The molecule has 0 fully saturated rings. The Balaban J connectivity index is 0.00000288.